The van der Waals surface area contributed by atoms with E-state index in [-0.39, 0.29) is 31.1 Å². The molecule has 0 saturated carbocycles. The van der Waals surface area contributed by atoms with Crippen LogP contribution in [0.4, 0.5) is 0 Å². The van der Waals surface area contributed by atoms with Crippen LogP contribution in [-0.2, 0) is 28.6 Å². The molecule has 0 aromatic heterocycles. The van der Waals surface area contributed by atoms with E-state index >= 15 is 0 Å². The second-order valence-electron chi connectivity index (χ2n) is 19.2. The van der Waals surface area contributed by atoms with E-state index in [2.05, 4.69) is 41.5 Å². The van der Waals surface area contributed by atoms with E-state index in [1.165, 1.54) is 161 Å². The third-order valence-electron chi connectivity index (χ3n) is 11.6. The molecule has 0 unspecified atom stereocenters. The van der Waals surface area contributed by atoms with Gasteiger partial charge in [0, 0.05) is 19.3 Å². The fraction of sp³-hybridized carbons (Fsp3) is 0.942. The molecular weight excluding hydrogens is 721 g/mol. The van der Waals surface area contributed by atoms with Crippen molar-refractivity contribution in [2.75, 3.05) is 13.2 Å². The monoisotopic (exact) mass is 821 g/mol. The van der Waals surface area contributed by atoms with Gasteiger partial charge in [-0.25, -0.2) is 0 Å². The summed E-state index contributed by atoms with van der Waals surface area (Å²) in [6, 6.07) is 0. The summed E-state index contributed by atoms with van der Waals surface area (Å²) in [5.41, 5.74) is 0. The van der Waals surface area contributed by atoms with E-state index in [0.29, 0.717) is 19.3 Å². The molecule has 0 fully saturated rings. The lowest BCUT2D eigenvalue weighted by Gasteiger charge is -2.18. The van der Waals surface area contributed by atoms with Crippen LogP contribution in [0.25, 0.3) is 0 Å². The summed E-state index contributed by atoms with van der Waals surface area (Å²) in [4.78, 5) is 37.8. The fourth-order valence-electron chi connectivity index (χ4n) is 7.76. The number of esters is 3. The zero-order valence-electron chi connectivity index (χ0n) is 39.8. The van der Waals surface area contributed by atoms with E-state index in [1.807, 2.05) is 0 Å². The van der Waals surface area contributed by atoms with Gasteiger partial charge in [0.2, 0.25) is 0 Å². The first-order chi connectivity index (χ1) is 28.1. The molecule has 0 aliphatic carbocycles. The SMILES string of the molecule is CC(C)CCCCCCCCCCCCCCCCCC(=O)OC[C@@H](COC(=O)CCCCCCCCC(C)C)OC(=O)CCCCCCCCCCCCC(C)C. The second-order valence-corrected chi connectivity index (χ2v) is 19.2. The number of carbonyl (C=O) groups excluding carboxylic acids is 3. The Balaban J connectivity index is 4.25. The van der Waals surface area contributed by atoms with Crippen molar-refractivity contribution in [1.29, 1.82) is 0 Å². The number of hydrogen-bond acceptors (Lipinski definition) is 6. The lowest BCUT2D eigenvalue weighted by Crippen LogP contribution is -2.30. The van der Waals surface area contributed by atoms with Gasteiger partial charge in [-0.05, 0) is 37.0 Å². The summed E-state index contributed by atoms with van der Waals surface area (Å²) in [7, 11) is 0. The van der Waals surface area contributed by atoms with E-state index in [9.17, 15) is 14.4 Å². The Morgan fingerprint density at radius 2 is 0.500 bits per heavy atom. The first-order valence-electron chi connectivity index (χ1n) is 25.6. The minimum absolute atomic E-state index is 0.0655. The maximum Gasteiger partial charge on any atom is 0.306 e. The van der Waals surface area contributed by atoms with Gasteiger partial charge in [0.05, 0.1) is 0 Å². The lowest BCUT2D eigenvalue weighted by molar-refractivity contribution is -0.167. The maximum atomic E-state index is 12.8. The highest BCUT2D eigenvalue weighted by Crippen LogP contribution is 2.17. The minimum Gasteiger partial charge on any atom is -0.462 e. The second kappa shape index (κ2) is 43.5. The normalized spacial score (nSPS) is 12.2. The quantitative estimate of drug-likeness (QED) is 0.0346. The van der Waals surface area contributed by atoms with Gasteiger partial charge < -0.3 is 14.2 Å². The molecule has 0 bridgehead atoms. The van der Waals surface area contributed by atoms with Crippen LogP contribution in [0.3, 0.4) is 0 Å². The van der Waals surface area contributed by atoms with Gasteiger partial charge in [-0.3, -0.25) is 14.4 Å². The Bertz CT molecular complexity index is 898. The maximum absolute atomic E-state index is 12.8. The van der Waals surface area contributed by atoms with Crippen LogP contribution in [0, 0.1) is 17.8 Å². The van der Waals surface area contributed by atoms with Crippen molar-refractivity contribution in [1.82, 2.24) is 0 Å². The Morgan fingerprint density at radius 1 is 0.293 bits per heavy atom. The molecule has 1 atom stereocenters. The van der Waals surface area contributed by atoms with Crippen LogP contribution in [0.2, 0.25) is 0 Å². The van der Waals surface area contributed by atoms with Crippen LogP contribution in [0.5, 0.6) is 0 Å². The zero-order valence-corrected chi connectivity index (χ0v) is 39.8. The predicted molar refractivity (Wildman–Crippen MR) is 247 cm³/mol. The molecule has 0 aromatic carbocycles. The average Bonchev–Trinajstić information content (AvgIpc) is 3.18. The minimum atomic E-state index is -0.763. The third kappa shape index (κ3) is 45.5. The van der Waals surface area contributed by atoms with Crippen molar-refractivity contribution in [2.45, 2.75) is 285 Å². The van der Waals surface area contributed by atoms with Gasteiger partial charge in [0.15, 0.2) is 6.10 Å². The first-order valence-corrected chi connectivity index (χ1v) is 25.6. The largest absolute Gasteiger partial charge is 0.462 e. The van der Waals surface area contributed by atoms with E-state index in [4.69, 9.17) is 14.2 Å². The van der Waals surface area contributed by atoms with Gasteiger partial charge in [0.1, 0.15) is 13.2 Å². The summed E-state index contributed by atoms with van der Waals surface area (Å²) in [6.45, 7) is 13.6. The summed E-state index contributed by atoms with van der Waals surface area (Å²) in [6.07, 6.45) is 42.5. The lowest BCUT2D eigenvalue weighted by atomic mass is 10.0. The standard InChI is InChI=1S/C52H100O6/c1-46(2)38-32-26-20-16-12-10-8-7-9-11-13-18-22-29-35-41-50(53)56-44-49(45-57-51(54)42-36-30-25-24-28-34-40-48(5)6)58-52(55)43-37-31-23-19-15-14-17-21-27-33-39-47(3)4/h46-49H,7-45H2,1-6H3/t49-/m0/s1. The molecule has 0 spiro atoms. The predicted octanol–water partition coefficient (Wildman–Crippen LogP) is 16.4. The molecule has 0 aliphatic rings. The molecule has 0 N–H and O–H groups in total. The molecule has 0 amide bonds. The van der Waals surface area contributed by atoms with Crippen LogP contribution < -0.4 is 0 Å². The highest BCUT2D eigenvalue weighted by molar-refractivity contribution is 5.71. The first kappa shape index (κ1) is 56.4. The van der Waals surface area contributed by atoms with E-state index in [1.54, 1.807) is 0 Å². The summed E-state index contributed by atoms with van der Waals surface area (Å²) >= 11 is 0. The van der Waals surface area contributed by atoms with Crippen molar-refractivity contribution in [3.05, 3.63) is 0 Å². The van der Waals surface area contributed by atoms with Crippen LogP contribution in [0.1, 0.15) is 279 Å². The van der Waals surface area contributed by atoms with Gasteiger partial charge in [-0.15, -0.1) is 0 Å². The van der Waals surface area contributed by atoms with E-state index < -0.39 is 6.10 Å². The Labute approximate surface area is 361 Å². The number of carbonyl (C=O) groups is 3. The molecule has 6 nitrogen and oxygen atoms in total. The number of unbranched alkanes of at least 4 members (excludes halogenated alkanes) is 28. The van der Waals surface area contributed by atoms with Gasteiger partial charge in [-0.1, -0.05) is 241 Å². The Hall–Kier alpha value is -1.59. The summed E-state index contributed by atoms with van der Waals surface area (Å²) in [5, 5.41) is 0. The van der Waals surface area contributed by atoms with Crippen molar-refractivity contribution >= 4 is 17.9 Å². The zero-order chi connectivity index (χ0) is 42.7. The van der Waals surface area contributed by atoms with Gasteiger partial charge >= 0.3 is 17.9 Å². The molecule has 6 heteroatoms. The third-order valence-corrected chi connectivity index (χ3v) is 11.6. The summed E-state index contributed by atoms with van der Waals surface area (Å²) < 4.78 is 16.8. The number of ether oxygens (including phenoxy) is 3. The van der Waals surface area contributed by atoms with Crippen molar-refractivity contribution in [3.63, 3.8) is 0 Å². The molecule has 0 radical (unpaired) electrons. The smallest absolute Gasteiger partial charge is 0.306 e. The highest BCUT2D eigenvalue weighted by Gasteiger charge is 2.19. The molecule has 0 heterocycles. The van der Waals surface area contributed by atoms with Crippen LogP contribution >= 0.6 is 0 Å². The van der Waals surface area contributed by atoms with E-state index in [0.717, 1.165) is 75.5 Å². The molecule has 0 rings (SSSR count). The molecule has 0 saturated heterocycles. The van der Waals surface area contributed by atoms with Gasteiger partial charge in [0.25, 0.3) is 0 Å². The molecule has 58 heavy (non-hydrogen) atoms. The van der Waals surface area contributed by atoms with Crippen molar-refractivity contribution < 1.29 is 28.6 Å². The average molecular weight is 821 g/mol. The van der Waals surface area contributed by atoms with Crippen molar-refractivity contribution in [2.24, 2.45) is 17.8 Å². The molecule has 0 aliphatic heterocycles. The van der Waals surface area contributed by atoms with Crippen LogP contribution in [-0.4, -0.2) is 37.2 Å². The summed E-state index contributed by atoms with van der Waals surface area (Å²) in [5.74, 6) is 1.57. The topological polar surface area (TPSA) is 78.9 Å². The molecular formula is C52H100O6. The Kier molecular flexibility index (Phi) is 42.3. The number of hydrogen-bond donors (Lipinski definition) is 0. The Morgan fingerprint density at radius 3 is 0.741 bits per heavy atom. The molecule has 0 aromatic rings. The number of rotatable bonds is 45. The molecule has 344 valence electrons. The van der Waals surface area contributed by atoms with Gasteiger partial charge in [-0.2, -0.15) is 0 Å². The highest BCUT2D eigenvalue weighted by atomic mass is 16.6. The van der Waals surface area contributed by atoms with Crippen molar-refractivity contribution in [3.8, 4) is 0 Å². The fourth-order valence-corrected chi connectivity index (χ4v) is 7.76. The van der Waals surface area contributed by atoms with Crippen LogP contribution in [0.15, 0.2) is 0 Å².